The maximum atomic E-state index is 6.02. The van der Waals surface area contributed by atoms with Crippen molar-refractivity contribution in [2.24, 2.45) is 0 Å². The smallest absolute Gasteiger partial charge is 0.142 e. The summed E-state index contributed by atoms with van der Waals surface area (Å²) in [5.41, 5.74) is 0.944. The first-order valence-electron chi connectivity index (χ1n) is 6.35. The monoisotopic (exact) mass is 271 g/mol. The van der Waals surface area contributed by atoms with Crippen molar-refractivity contribution in [2.75, 3.05) is 25.6 Å². The lowest BCUT2D eigenvalue weighted by atomic mass is 10.2. The number of ether oxygens (including phenoxy) is 2. The van der Waals surface area contributed by atoms with E-state index in [1.807, 2.05) is 18.2 Å². The zero-order valence-corrected chi connectivity index (χ0v) is 12.1. The van der Waals surface area contributed by atoms with Crippen molar-refractivity contribution in [3.63, 3.8) is 0 Å². The minimum atomic E-state index is 0.312. The summed E-state index contributed by atoms with van der Waals surface area (Å²) in [6.07, 6.45) is 1.93. The van der Waals surface area contributed by atoms with Crippen LogP contribution in [0.4, 0.5) is 5.69 Å². The number of benzene rings is 1. The quantitative estimate of drug-likeness (QED) is 0.776. The van der Waals surface area contributed by atoms with Crippen molar-refractivity contribution < 1.29 is 9.47 Å². The maximum absolute atomic E-state index is 6.02. The Bertz CT molecular complexity index is 358. The summed E-state index contributed by atoms with van der Waals surface area (Å²) in [4.78, 5) is 0. The zero-order valence-electron chi connectivity index (χ0n) is 11.3. The van der Waals surface area contributed by atoms with Gasteiger partial charge in [0.1, 0.15) is 5.75 Å². The Morgan fingerprint density at radius 1 is 1.33 bits per heavy atom. The Morgan fingerprint density at radius 3 is 2.78 bits per heavy atom. The second-order valence-electron chi connectivity index (χ2n) is 4.32. The average molecular weight is 272 g/mol. The van der Waals surface area contributed by atoms with Crippen LogP contribution in [0.15, 0.2) is 18.2 Å². The summed E-state index contributed by atoms with van der Waals surface area (Å²) in [6, 6.07) is 5.96. The molecule has 18 heavy (non-hydrogen) atoms. The number of nitrogens with one attached hydrogen (secondary N) is 1. The molecule has 0 aliphatic rings. The Morgan fingerprint density at radius 2 is 2.11 bits per heavy atom. The molecule has 1 atom stereocenters. The molecule has 0 aliphatic carbocycles. The van der Waals surface area contributed by atoms with E-state index in [2.05, 4.69) is 19.2 Å². The van der Waals surface area contributed by atoms with Crippen LogP contribution >= 0.6 is 11.6 Å². The molecule has 0 radical (unpaired) electrons. The topological polar surface area (TPSA) is 30.5 Å². The molecular weight excluding hydrogens is 250 g/mol. The highest BCUT2D eigenvalue weighted by atomic mass is 35.5. The minimum Gasteiger partial charge on any atom is -0.491 e. The lowest BCUT2D eigenvalue weighted by Gasteiger charge is -2.18. The van der Waals surface area contributed by atoms with Gasteiger partial charge in [0, 0.05) is 24.8 Å². The van der Waals surface area contributed by atoms with Crippen LogP contribution in [0, 0.1) is 0 Å². The zero-order chi connectivity index (χ0) is 13.4. The number of methoxy groups -OCH3 is 1. The molecule has 0 heterocycles. The summed E-state index contributed by atoms with van der Waals surface area (Å²) >= 11 is 6.02. The van der Waals surface area contributed by atoms with Gasteiger partial charge in [0.15, 0.2) is 0 Å². The minimum absolute atomic E-state index is 0.312. The SMILES string of the molecule is CCCOc1ccc(Cl)cc1NC(C)CCOC. The van der Waals surface area contributed by atoms with Crippen molar-refractivity contribution in [3.05, 3.63) is 23.2 Å². The Balaban J connectivity index is 2.68. The van der Waals surface area contributed by atoms with E-state index in [9.17, 15) is 0 Å². The highest BCUT2D eigenvalue weighted by molar-refractivity contribution is 6.30. The van der Waals surface area contributed by atoms with E-state index in [-0.39, 0.29) is 0 Å². The van der Waals surface area contributed by atoms with Crippen LogP contribution in [-0.4, -0.2) is 26.4 Å². The second-order valence-corrected chi connectivity index (χ2v) is 4.75. The van der Waals surface area contributed by atoms with Crippen LogP contribution in [-0.2, 0) is 4.74 Å². The molecule has 1 unspecified atom stereocenters. The summed E-state index contributed by atoms with van der Waals surface area (Å²) in [7, 11) is 1.71. The first-order valence-corrected chi connectivity index (χ1v) is 6.73. The lowest BCUT2D eigenvalue weighted by molar-refractivity contribution is 0.191. The van der Waals surface area contributed by atoms with Crippen LogP contribution in [0.2, 0.25) is 5.02 Å². The van der Waals surface area contributed by atoms with Gasteiger partial charge in [0.2, 0.25) is 0 Å². The van der Waals surface area contributed by atoms with Gasteiger partial charge in [0.25, 0.3) is 0 Å². The summed E-state index contributed by atoms with van der Waals surface area (Å²) < 4.78 is 10.8. The van der Waals surface area contributed by atoms with Crippen molar-refractivity contribution in [1.82, 2.24) is 0 Å². The molecule has 0 saturated heterocycles. The molecule has 102 valence electrons. The molecule has 0 aromatic heterocycles. The standard InChI is InChI=1S/C14H22ClNO2/c1-4-8-18-14-6-5-12(15)10-13(14)16-11(2)7-9-17-3/h5-6,10-11,16H,4,7-9H2,1-3H3. The molecule has 0 bridgehead atoms. The number of anilines is 1. The van der Waals surface area contributed by atoms with Crippen LogP contribution in [0.1, 0.15) is 26.7 Å². The van der Waals surface area contributed by atoms with Crippen molar-refractivity contribution in [1.29, 1.82) is 0 Å². The molecule has 1 N–H and O–H groups in total. The first-order chi connectivity index (χ1) is 8.67. The highest BCUT2D eigenvalue weighted by Gasteiger charge is 2.08. The second kappa shape index (κ2) is 8.22. The van der Waals surface area contributed by atoms with Gasteiger partial charge in [-0.3, -0.25) is 0 Å². The Kier molecular flexibility index (Phi) is 6.91. The van der Waals surface area contributed by atoms with Gasteiger partial charge in [-0.2, -0.15) is 0 Å². The molecule has 3 nitrogen and oxygen atoms in total. The van der Waals surface area contributed by atoms with Crippen LogP contribution in [0.5, 0.6) is 5.75 Å². The molecular formula is C14H22ClNO2. The number of halogens is 1. The molecule has 1 aromatic carbocycles. The van der Waals surface area contributed by atoms with Crippen LogP contribution < -0.4 is 10.1 Å². The van der Waals surface area contributed by atoms with Crippen LogP contribution in [0.3, 0.4) is 0 Å². The van der Waals surface area contributed by atoms with E-state index < -0.39 is 0 Å². The third-order valence-electron chi connectivity index (χ3n) is 2.56. The molecule has 0 aliphatic heterocycles. The summed E-state index contributed by atoms with van der Waals surface area (Å²) in [5.74, 6) is 0.852. The average Bonchev–Trinajstić information content (AvgIpc) is 2.35. The first kappa shape index (κ1) is 15.1. The van der Waals surface area contributed by atoms with Crippen molar-refractivity contribution in [2.45, 2.75) is 32.7 Å². The van der Waals surface area contributed by atoms with Crippen molar-refractivity contribution in [3.8, 4) is 5.75 Å². The molecule has 0 amide bonds. The predicted molar refractivity (Wildman–Crippen MR) is 76.8 cm³/mol. The predicted octanol–water partition coefficient (Wildman–Crippen LogP) is 3.97. The molecule has 0 fully saturated rings. The molecule has 1 rings (SSSR count). The van der Waals surface area contributed by atoms with E-state index in [1.54, 1.807) is 7.11 Å². The summed E-state index contributed by atoms with van der Waals surface area (Å²) in [6.45, 7) is 5.65. The fourth-order valence-corrected chi connectivity index (χ4v) is 1.76. The van der Waals surface area contributed by atoms with Gasteiger partial charge >= 0.3 is 0 Å². The molecule has 0 spiro atoms. The van der Waals surface area contributed by atoms with E-state index in [0.717, 1.165) is 30.9 Å². The number of hydrogen-bond acceptors (Lipinski definition) is 3. The fraction of sp³-hybridized carbons (Fsp3) is 0.571. The van der Waals surface area contributed by atoms with Gasteiger partial charge in [0.05, 0.1) is 12.3 Å². The third kappa shape index (κ3) is 5.15. The summed E-state index contributed by atoms with van der Waals surface area (Å²) in [5, 5.41) is 4.11. The van der Waals surface area contributed by atoms with E-state index >= 15 is 0 Å². The van der Waals surface area contributed by atoms with E-state index in [1.165, 1.54) is 0 Å². The Labute approximate surface area is 114 Å². The molecule has 0 saturated carbocycles. The van der Waals surface area contributed by atoms with E-state index in [4.69, 9.17) is 21.1 Å². The van der Waals surface area contributed by atoms with Gasteiger partial charge in [-0.1, -0.05) is 18.5 Å². The fourth-order valence-electron chi connectivity index (χ4n) is 1.59. The van der Waals surface area contributed by atoms with Crippen LogP contribution in [0.25, 0.3) is 0 Å². The Hall–Kier alpha value is -0.930. The van der Waals surface area contributed by atoms with Gasteiger partial charge in [-0.05, 0) is 38.0 Å². The largest absolute Gasteiger partial charge is 0.491 e. The van der Waals surface area contributed by atoms with Gasteiger partial charge < -0.3 is 14.8 Å². The van der Waals surface area contributed by atoms with Gasteiger partial charge in [-0.25, -0.2) is 0 Å². The molecule has 4 heteroatoms. The highest BCUT2D eigenvalue weighted by Crippen LogP contribution is 2.29. The van der Waals surface area contributed by atoms with Crippen molar-refractivity contribution >= 4 is 17.3 Å². The maximum Gasteiger partial charge on any atom is 0.142 e. The molecule has 1 aromatic rings. The number of hydrogen-bond donors (Lipinski definition) is 1. The lowest BCUT2D eigenvalue weighted by Crippen LogP contribution is -2.17. The number of rotatable bonds is 8. The normalized spacial score (nSPS) is 12.2. The van der Waals surface area contributed by atoms with E-state index in [0.29, 0.717) is 17.7 Å². The third-order valence-corrected chi connectivity index (χ3v) is 2.80. The van der Waals surface area contributed by atoms with Gasteiger partial charge in [-0.15, -0.1) is 0 Å².